The Labute approximate surface area is 131 Å². The Kier molecular flexibility index (Phi) is 9.90. The highest BCUT2D eigenvalue weighted by Gasteiger charge is 2.08. The first-order chi connectivity index (χ1) is 10.3. The Bertz CT molecular complexity index is 383. The summed E-state index contributed by atoms with van der Waals surface area (Å²) in [4.78, 5) is 0. The lowest BCUT2D eigenvalue weighted by Gasteiger charge is -2.19. The molecular weight excluding hydrogens is 254 g/mol. The van der Waals surface area contributed by atoms with Gasteiger partial charge >= 0.3 is 0 Å². The largest absolute Gasteiger partial charge is 0.314 e. The van der Waals surface area contributed by atoms with Gasteiger partial charge in [-0.2, -0.15) is 0 Å². The fourth-order valence-corrected chi connectivity index (χ4v) is 2.77. The molecule has 1 atom stereocenters. The molecule has 0 aromatic heterocycles. The maximum atomic E-state index is 3.79. The minimum Gasteiger partial charge on any atom is -0.314 e. The number of unbranched alkanes of at least 4 members (excludes halogenated alkanes) is 3. The number of benzene rings is 1. The highest BCUT2D eigenvalue weighted by atomic mass is 14.9. The fourth-order valence-electron chi connectivity index (χ4n) is 2.77. The van der Waals surface area contributed by atoms with Crippen molar-refractivity contribution in [3.8, 4) is 0 Å². The normalized spacial score (nSPS) is 12.3. The second-order valence-electron chi connectivity index (χ2n) is 6.04. The average Bonchev–Trinajstić information content (AvgIpc) is 2.50. The number of hydrogen-bond acceptors (Lipinski definition) is 1. The molecule has 0 bridgehead atoms. The van der Waals surface area contributed by atoms with E-state index in [0.29, 0.717) is 6.04 Å². The molecule has 0 aliphatic carbocycles. The number of allylic oxidation sites excluding steroid dienone is 1. The molecule has 0 saturated carbocycles. The SMILES string of the molecule is C=CCCCCCC(CCc1ccccc1C)NCCC. The van der Waals surface area contributed by atoms with E-state index in [-0.39, 0.29) is 0 Å². The molecule has 118 valence electrons. The predicted molar refractivity (Wildman–Crippen MR) is 94.9 cm³/mol. The van der Waals surface area contributed by atoms with Gasteiger partial charge in [-0.25, -0.2) is 0 Å². The maximum absolute atomic E-state index is 3.79. The lowest BCUT2D eigenvalue weighted by atomic mass is 9.97. The quantitative estimate of drug-likeness (QED) is 0.399. The summed E-state index contributed by atoms with van der Waals surface area (Å²) in [5.74, 6) is 0. The van der Waals surface area contributed by atoms with Gasteiger partial charge in [0.05, 0.1) is 0 Å². The molecule has 0 radical (unpaired) electrons. The van der Waals surface area contributed by atoms with Crippen molar-refractivity contribution < 1.29 is 0 Å². The van der Waals surface area contributed by atoms with Crippen molar-refractivity contribution in [3.05, 3.63) is 48.0 Å². The van der Waals surface area contributed by atoms with Gasteiger partial charge in [0.1, 0.15) is 0 Å². The summed E-state index contributed by atoms with van der Waals surface area (Å²) in [5, 5.41) is 3.73. The summed E-state index contributed by atoms with van der Waals surface area (Å²) in [7, 11) is 0. The summed E-state index contributed by atoms with van der Waals surface area (Å²) < 4.78 is 0. The van der Waals surface area contributed by atoms with Gasteiger partial charge in [-0.1, -0.05) is 50.1 Å². The molecule has 0 heterocycles. The van der Waals surface area contributed by atoms with E-state index in [2.05, 4.69) is 50.0 Å². The van der Waals surface area contributed by atoms with Gasteiger partial charge in [0.25, 0.3) is 0 Å². The average molecular weight is 287 g/mol. The number of rotatable bonds is 12. The van der Waals surface area contributed by atoms with E-state index in [9.17, 15) is 0 Å². The van der Waals surface area contributed by atoms with Crippen molar-refractivity contribution in [2.75, 3.05) is 6.54 Å². The third kappa shape index (κ3) is 8.06. The van der Waals surface area contributed by atoms with E-state index in [1.54, 1.807) is 0 Å². The van der Waals surface area contributed by atoms with Crippen LogP contribution in [0, 0.1) is 6.92 Å². The van der Waals surface area contributed by atoms with Crippen molar-refractivity contribution in [2.24, 2.45) is 0 Å². The van der Waals surface area contributed by atoms with Crippen molar-refractivity contribution >= 4 is 0 Å². The Morgan fingerprint density at radius 2 is 1.95 bits per heavy atom. The summed E-state index contributed by atoms with van der Waals surface area (Å²) in [6.07, 6.45) is 12.1. The predicted octanol–water partition coefficient (Wildman–Crippen LogP) is 5.43. The zero-order chi connectivity index (χ0) is 15.3. The van der Waals surface area contributed by atoms with Crippen LogP contribution in [0.3, 0.4) is 0 Å². The van der Waals surface area contributed by atoms with Crippen molar-refractivity contribution in [2.45, 2.75) is 71.3 Å². The molecule has 0 spiro atoms. The molecule has 0 amide bonds. The molecule has 1 nitrogen and oxygen atoms in total. The standard InChI is InChI=1S/C20H33N/c1-4-6-7-8-9-14-20(21-17-5-2)16-15-19-13-11-10-12-18(19)3/h4,10-13,20-21H,1,5-9,14-17H2,2-3H3. The van der Waals surface area contributed by atoms with Gasteiger partial charge in [-0.3, -0.25) is 0 Å². The molecule has 1 aromatic rings. The lowest BCUT2D eigenvalue weighted by Crippen LogP contribution is -2.30. The summed E-state index contributed by atoms with van der Waals surface area (Å²) in [6.45, 7) is 9.40. The molecule has 0 aliphatic rings. The van der Waals surface area contributed by atoms with E-state index in [0.717, 1.165) is 13.0 Å². The van der Waals surface area contributed by atoms with Crippen molar-refractivity contribution in [1.29, 1.82) is 0 Å². The molecular formula is C20H33N. The zero-order valence-electron chi connectivity index (χ0n) is 14.0. The second-order valence-corrected chi connectivity index (χ2v) is 6.04. The lowest BCUT2D eigenvalue weighted by molar-refractivity contribution is 0.433. The van der Waals surface area contributed by atoms with E-state index < -0.39 is 0 Å². The highest BCUT2D eigenvalue weighted by molar-refractivity contribution is 5.25. The Morgan fingerprint density at radius 1 is 1.14 bits per heavy atom. The van der Waals surface area contributed by atoms with Crippen molar-refractivity contribution in [1.82, 2.24) is 5.32 Å². The Morgan fingerprint density at radius 3 is 2.67 bits per heavy atom. The minimum absolute atomic E-state index is 0.674. The van der Waals surface area contributed by atoms with Crippen LogP contribution in [0.2, 0.25) is 0 Å². The van der Waals surface area contributed by atoms with Crippen LogP contribution in [0.1, 0.15) is 63.0 Å². The van der Waals surface area contributed by atoms with Gasteiger partial charge in [0, 0.05) is 6.04 Å². The van der Waals surface area contributed by atoms with Crippen LogP contribution in [-0.2, 0) is 6.42 Å². The topological polar surface area (TPSA) is 12.0 Å². The second kappa shape index (κ2) is 11.6. The minimum atomic E-state index is 0.674. The Balaban J connectivity index is 2.34. The number of aryl methyl sites for hydroxylation is 2. The van der Waals surface area contributed by atoms with Crippen LogP contribution in [-0.4, -0.2) is 12.6 Å². The molecule has 1 heteroatoms. The first kappa shape index (κ1) is 18.0. The molecule has 0 fully saturated rings. The zero-order valence-corrected chi connectivity index (χ0v) is 14.0. The van der Waals surface area contributed by atoms with Crippen LogP contribution in [0.25, 0.3) is 0 Å². The van der Waals surface area contributed by atoms with E-state index in [4.69, 9.17) is 0 Å². The first-order valence-corrected chi connectivity index (χ1v) is 8.66. The van der Waals surface area contributed by atoms with Gasteiger partial charge in [-0.05, 0) is 63.1 Å². The third-order valence-electron chi connectivity index (χ3n) is 4.17. The Hall–Kier alpha value is -1.08. The molecule has 0 saturated heterocycles. The summed E-state index contributed by atoms with van der Waals surface area (Å²) >= 11 is 0. The van der Waals surface area contributed by atoms with Crippen LogP contribution < -0.4 is 5.32 Å². The molecule has 21 heavy (non-hydrogen) atoms. The molecule has 1 aromatic carbocycles. The molecule has 1 rings (SSSR count). The number of nitrogens with one attached hydrogen (secondary N) is 1. The summed E-state index contributed by atoms with van der Waals surface area (Å²) in [6, 6.07) is 9.46. The smallest absolute Gasteiger partial charge is 0.00702 e. The summed E-state index contributed by atoms with van der Waals surface area (Å²) in [5.41, 5.74) is 2.94. The maximum Gasteiger partial charge on any atom is 0.00702 e. The first-order valence-electron chi connectivity index (χ1n) is 8.66. The van der Waals surface area contributed by atoms with E-state index >= 15 is 0 Å². The molecule has 0 aliphatic heterocycles. The van der Waals surface area contributed by atoms with Gasteiger partial charge < -0.3 is 5.32 Å². The van der Waals surface area contributed by atoms with Gasteiger partial charge in [0.2, 0.25) is 0 Å². The van der Waals surface area contributed by atoms with Crippen LogP contribution in [0.15, 0.2) is 36.9 Å². The number of hydrogen-bond donors (Lipinski definition) is 1. The van der Waals surface area contributed by atoms with Crippen molar-refractivity contribution in [3.63, 3.8) is 0 Å². The van der Waals surface area contributed by atoms with Crippen LogP contribution in [0.5, 0.6) is 0 Å². The third-order valence-corrected chi connectivity index (χ3v) is 4.17. The molecule has 1 unspecified atom stereocenters. The van der Waals surface area contributed by atoms with Crippen LogP contribution >= 0.6 is 0 Å². The van der Waals surface area contributed by atoms with Gasteiger partial charge in [0.15, 0.2) is 0 Å². The van der Waals surface area contributed by atoms with Crippen LogP contribution in [0.4, 0.5) is 0 Å². The monoisotopic (exact) mass is 287 g/mol. The van der Waals surface area contributed by atoms with Gasteiger partial charge in [-0.15, -0.1) is 6.58 Å². The van der Waals surface area contributed by atoms with E-state index in [1.165, 1.54) is 56.1 Å². The van der Waals surface area contributed by atoms with E-state index in [1.807, 2.05) is 6.08 Å². The fraction of sp³-hybridized carbons (Fsp3) is 0.600. The molecule has 1 N–H and O–H groups in total. The highest BCUT2D eigenvalue weighted by Crippen LogP contribution is 2.14.